The molecule has 12 heteroatoms. The molecule has 0 aliphatic carbocycles. The van der Waals surface area contributed by atoms with Crippen LogP contribution in [0.1, 0.15) is 12.8 Å². The van der Waals surface area contributed by atoms with Gasteiger partial charge in [-0.25, -0.2) is 9.59 Å². The summed E-state index contributed by atoms with van der Waals surface area (Å²) in [5, 5.41) is 16.9. The molecule has 0 aromatic carbocycles. The molecule has 2 rings (SSSR count). The minimum atomic E-state index is -1.02. The van der Waals surface area contributed by atoms with Gasteiger partial charge in [0.15, 0.2) is 0 Å². The molecule has 0 spiro atoms. The number of aliphatic hydroxyl groups is 2. The molecule has 4 N–H and O–H groups in total. The molecule has 0 aliphatic rings. The Bertz CT molecular complexity index is 868. The summed E-state index contributed by atoms with van der Waals surface area (Å²) in [4.78, 5) is 46.7. The molecule has 2 aromatic heterocycles. The van der Waals surface area contributed by atoms with Crippen LogP contribution in [0.15, 0.2) is 31.6 Å². The molecule has 0 saturated heterocycles. The number of nitrogens with zero attached hydrogens (tertiary/aromatic N) is 2. The van der Waals surface area contributed by atoms with E-state index in [1.54, 1.807) is 0 Å². The molecule has 0 unspecified atom stereocenters. The van der Waals surface area contributed by atoms with Gasteiger partial charge in [-0.2, -0.15) is 8.78 Å². The van der Waals surface area contributed by atoms with E-state index in [9.17, 15) is 28.0 Å². The first-order valence-corrected chi connectivity index (χ1v) is 7.50. The normalized spacial score (nSPS) is 10.3. The Hall–Kier alpha value is -2.86. The second-order valence-electron chi connectivity index (χ2n) is 5.01. The van der Waals surface area contributed by atoms with Crippen LogP contribution in [0.2, 0.25) is 0 Å². The van der Waals surface area contributed by atoms with E-state index in [-0.39, 0.29) is 26.3 Å². The van der Waals surface area contributed by atoms with Crippen molar-refractivity contribution in [2.45, 2.75) is 25.9 Å². The van der Waals surface area contributed by atoms with Gasteiger partial charge < -0.3 is 10.2 Å². The fourth-order valence-electron chi connectivity index (χ4n) is 1.78. The van der Waals surface area contributed by atoms with Gasteiger partial charge in [-0.3, -0.25) is 28.7 Å². The second-order valence-corrected chi connectivity index (χ2v) is 5.01. The van der Waals surface area contributed by atoms with Gasteiger partial charge in [0.1, 0.15) is 0 Å². The van der Waals surface area contributed by atoms with Gasteiger partial charge in [0.25, 0.3) is 11.1 Å². The lowest BCUT2D eigenvalue weighted by molar-refractivity contribution is 0.277. The van der Waals surface area contributed by atoms with Crippen LogP contribution in [0, 0.1) is 11.6 Å². The average molecular weight is 376 g/mol. The van der Waals surface area contributed by atoms with Crippen molar-refractivity contribution in [1.82, 2.24) is 19.1 Å². The lowest BCUT2D eigenvalue weighted by Crippen LogP contribution is -2.31. The predicted molar refractivity (Wildman–Crippen MR) is 86.0 cm³/mol. The minimum absolute atomic E-state index is 0.0901. The lowest BCUT2D eigenvalue weighted by atomic mass is 10.4. The molecule has 144 valence electrons. The molecule has 2 heterocycles. The molecule has 26 heavy (non-hydrogen) atoms. The van der Waals surface area contributed by atoms with Crippen molar-refractivity contribution >= 4 is 0 Å². The van der Waals surface area contributed by atoms with Crippen molar-refractivity contribution < 1.29 is 19.0 Å². The van der Waals surface area contributed by atoms with Gasteiger partial charge in [-0.15, -0.1) is 0 Å². The summed E-state index contributed by atoms with van der Waals surface area (Å²) >= 11 is 0. The van der Waals surface area contributed by atoms with Crippen molar-refractivity contribution in [2.24, 2.45) is 0 Å². The minimum Gasteiger partial charge on any atom is -0.396 e. The van der Waals surface area contributed by atoms with E-state index in [2.05, 4.69) is 0 Å². The van der Waals surface area contributed by atoms with E-state index in [1.807, 2.05) is 9.97 Å². The van der Waals surface area contributed by atoms with Crippen LogP contribution in [-0.2, 0) is 13.1 Å². The first-order valence-electron chi connectivity index (χ1n) is 7.50. The Kier molecular flexibility index (Phi) is 8.31. The molecule has 2 aromatic rings. The Morgan fingerprint density at radius 3 is 1.42 bits per heavy atom. The number of nitrogens with one attached hydrogen (secondary N) is 2. The first kappa shape index (κ1) is 21.2. The van der Waals surface area contributed by atoms with Gasteiger partial charge >= 0.3 is 11.4 Å². The van der Waals surface area contributed by atoms with Crippen LogP contribution >= 0.6 is 0 Å². The van der Waals surface area contributed by atoms with Crippen LogP contribution in [0.3, 0.4) is 0 Å². The summed E-state index contributed by atoms with van der Waals surface area (Å²) in [6.07, 6.45) is 2.34. The number of aliphatic hydroxyl groups excluding tert-OH is 2. The van der Waals surface area contributed by atoms with Crippen molar-refractivity contribution in [3.05, 3.63) is 65.7 Å². The van der Waals surface area contributed by atoms with Gasteiger partial charge in [-0.05, 0) is 12.8 Å². The van der Waals surface area contributed by atoms with Crippen LogP contribution in [0.4, 0.5) is 8.78 Å². The highest BCUT2D eigenvalue weighted by atomic mass is 19.1. The van der Waals surface area contributed by atoms with Crippen molar-refractivity contribution in [1.29, 1.82) is 0 Å². The third kappa shape index (κ3) is 6.22. The lowest BCUT2D eigenvalue weighted by Gasteiger charge is -2.01. The summed E-state index contributed by atoms with van der Waals surface area (Å²) < 4.78 is 27.3. The fraction of sp³-hybridized carbons (Fsp3) is 0.429. The van der Waals surface area contributed by atoms with Gasteiger partial charge in [0, 0.05) is 26.3 Å². The van der Waals surface area contributed by atoms with E-state index in [0.29, 0.717) is 12.8 Å². The molecule has 10 nitrogen and oxygen atoms in total. The van der Waals surface area contributed by atoms with Crippen LogP contribution in [0.5, 0.6) is 0 Å². The van der Waals surface area contributed by atoms with Gasteiger partial charge in [-0.1, -0.05) is 0 Å². The number of aromatic amines is 2. The third-order valence-electron chi connectivity index (χ3n) is 3.05. The van der Waals surface area contributed by atoms with Gasteiger partial charge in [0.2, 0.25) is 11.6 Å². The topological polar surface area (TPSA) is 150 Å². The highest BCUT2D eigenvalue weighted by Gasteiger charge is 2.03. The zero-order chi connectivity index (χ0) is 19.7. The second kappa shape index (κ2) is 10.2. The van der Waals surface area contributed by atoms with Crippen LogP contribution < -0.4 is 22.5 Å². The summed E-state index contributed by atoms with van der Waals surface area (Å²) in [5.74, 6) is -2.00. The molecular formula is C14H18F2N4O6. The van der Waals surface area contributed by atoms with E-state index in [1.165, 1.54) is 0 Å². The Morgan fingerprint density at radius 1 is 0.769 bits per heavy atom. The predicted octanol–water partition coefficient (Wildman–Crippen LogP) is -1.88. The Labute approximate surface area is 144 Å². The van der Waals surface area contributed by atoms with Crippen LogP contribution in [0.25, 0.3) is 0 Å². The van der Waals surface area contributed by atoms with E-state index >= 15 is 0 Å². The monoisotopic (exact) mass is 376 g/mol. The molecule has 0 amide bonds. The third-order valence-corrected chi connectivity index (χ3v) is 3.05. The highest BCUT2D eigenvalue weighted by Crippen LogP contribution is 1.87. The zero-order valence-corrected chi connectivity index (χ0v) is 13.6. The maximum Gasteiger partial charge on any atom is 0.328 e. The largest absolute Gasteiger partial charge is 0.396 e. The van der Waals surface area contributed by atoms with E-state index in [4.69, 9.17) is 10.2 Å². The molecule has 0 bridgehead atoms. The van der Waals surface area contributed by atoms with Gasteiger partial charge in [0.05, 0.1) is 12.4 Å². The quantitative estimate of drug-likeness (QED) is 0.463. The molecule has 0 radical (unpaired) electrons. The number of aromatic nitrogens is 4. The standard InChI is InChI=1S/2C7H9FN2O3/c2*8-5-4-10(2-1-3-11)7(13)9-6(5)12/h2*4,11H,1-3H2,(H,9,12,13). The summed E-state index contributed by atoms with van der Waals surface area (Å²) in [7, 11) is 0. The van der Waals surface area contributed by atoms with Crippen molar-refractivity contribution in [3.63, 3.8) is 0 Å². The first-order chi connectivity index (χ1) is 12.3. The Morgan fingerprint density at radius 2 is 1.12 bits per heavy atom. The van der Waals surface area contributed by atoms with Crippen LogP contribution in [-0.4, -0.2) is 42.5 Å². The maximum absolute atomic E-state index is 12.6. The number of H-pyrrole nitrogens is 2. The Balaban J connectivity index is 0.000000260. The van der Waals surface area contributed by atoms with Crippen molar-refractivity contribution in [2.75, 3.05) is 13.2 Å². The number of hydrogen-bond acceptors (Lipinski definition) is 6. The number of aryl methyl sites for hydroxylation is 2. The number of halogens is 2. The van der Waals surface area contributed by atoms with Crippen molar-refractivity contribution in [3.8, 4) is 0 Å². The number of hydrogen-bond donors (Lipinski definition) is 4. The van der Waals surface area contributed by atoms with E-state index in [0.717, 1.165) is 21.5 Å². The zero-order valence-electron chi connectivity index (χ0n) is 13.6. The molecule has 0 aliphatic heterocycles. The van der Waals surface area contributed by atoms with E-state index < -0.39 is 34.1 Å². The highest BCUT2D eigenvalue weighted by molar-refractivity contribution is 4.87. The maximum atomic E-state index is 12.6. The molecular weight excluding hydrogens is 358 g/mol. The molecule has 0 atom stereocenters. The smallest absolute Gasteiger partial charge is 0.328 e. The summed E-state index contributed by atoms with van der Waals surface area (Å²) in [6, 6.07) is 0. The average Bonchev–Trinajstić information content (AvgIpc) is 2.59. The summed E-state index contributed by atoms with van der Waals surface area (Å²) in [6.45, 7) is 0.187. The SMILES string of the molecule is O=c1[nH]c(=O)n(CCCO)cc1F.O=c1[nH]c(=O)n(CCCO)cc1F. The molecule has 0 fully saturated rings. The molecule has 0 saturated carbocycles. The summed E-state index contributed by atoms with van der Waals surface area (Å²) in [5.41, 5.74) is -3.38. The number of rotatable bonds is 6. The fourth-order valence-corrected chi connectivity index (χ4v) is 1.78.